The number of carbonyl (C=O) groups excluding carboxylic acids is 1. The van der Waals surface area contributed by atoms with Gasteiger partial charge in [-0.15, -0.1) is 0 Å². The van der Waals surface area contributed by atoms with E-state index < -0.39 is 22.0 Å². The van der Waals surface area contributed by atoms with Crippen molar-refractivity contribution in [2.24, 2.45) is 5.73 Å². The zero-order valence-electron chi connectivity index (χ0n) is 10.4. The number of morpholine rings is 1. The quantitative estimate of drug-likeness (QED) is 0.748. The molecule has 2 N–H and O–H groups in total. The van der Waals surface area contributed by atoms with Crippen LogP contribution in [0.5, 0.6) is 0 Å². The van der Waals surface area contributed by atoms with Gasteiger partial charge in [-0.1, -0.05) is 0 Å². The minimum atomic E-state index is -3.90. The molecule has 1 unspecified atom stereocenters. The Hall–Kier alpha value is -2.02. The number of primary amides is 1. The molecule has 20 heavy (non-hydrogen) atoms. The van der Waals surface area contributed by atoms with Gasteiger partial charge < -0.3 is 10.5 Å². The molecule has 1 saturated heterocycles. The summed E-state index contributed by atoms with van der Waals surface area (Å²) in [5, 5.41) is 8.64. The van der Waals surface area contributed by atoms with Crippen LogP contribution in [0.1, 0.15) is 5.69 Å². The number of hydrogen-bond donors (Lipinski definition) is 1. The Kier molecular flexibility index (Phi) is 3.99. The number of amides is 1. The molecule has 106 valence electrons. The number of hydrogen-bond acceptors (Lipinski definition) is 6. The van der Waals surface area contributed by atoms with Gasteiger partial charge >= 0.3 is 0 Å². The number of nitriles is 1. The Morgan fingerprint density at radius 1 is 1.55 bits per heavy atom. The average molecular weight is 296 g/mol. The van der Waals surface area contributed by atoms with Crippen molar-refractivity contribution in [1.82, 2.24) is 9.29 Å². The van der Waals surface area contributed by atoms with E-state index in [1.807, 2.05) is 0 Å². The summed E-state index contributed by atoms with van der Waals surface area (Å²) in [4.78, 5) is 14.9. The molecule has 0 aromatic carbocycles. The maximum atomic E-state index is 12.4. The van der Waals surface area contributed by atoms with Gasteiger partial charge in [0.2, 0.25) is 15.9 Å². The molecule has 1 aromatic rings. The summed E-state index contributed by atoms with van der Waals surface area (Å²) >= 11 is 0. The maximum Gasteiger partial charge on any atom is 0.245 e. The average Bonchev–Trinajstić information content (AvgIpc) is 2.47. The van der Waals surface area contributed by atoms with Gasteiger partial charge in [0, 0.05) is 12.7 Å². The number of rotatable bonds is 3. The Labute approximate surface area is 115 Å². The third kappa shape index (κ3) is 2.62. The van der Waals surface area contributed by atoms with Crippen molar-refractivity contribution in [3.05, 3.63) is 24.0 Å². The first-order chi connectivity index (χ1) is 9.46. The lowest BCUT2D eigenvalue weighted by atomic mass is 10.3. The van der Waals surface area contributed by atoms with Crippen LogP contribution in [0.25, 0.3) is 0 Å². The Balaban J connectivity index is 2.37. The summed E-state index contributed by atoms with van der Waals surface area (Å²) in [5.41, 5.74) is 5.30. The van der Waals surface area contributed by atoms with Crippen molar-refractivity contribution in [1.29, 1.82) is 5.26 Å². The second-order valence-electron chi connectivity index (χ2n) is 4.10. The molecule has 0 radical (unpaired) electrons. The van der Waals surface area contributed by atoms with Crippen LogP contribution in [-0.2, 0) is 19.6 Å². The van der Waals surface area contributed by atoms with Gasteiger partial charge in [-0.2, -0.15) is 9.57 Å². The minimum Gasteiger partial charge on any atom is -0.378 e. The maximum absolute atomic E-state index is 12.4. The number of nitrogens with zero attached hydrogens (tertiary/aromatic N) is 3. The molecule has 1 fully saturated rings. The lowest BCUT2D eigenvalue weighted by molar-refractivity contribution is -0.125. The van der Waals surface area contributed by atoms with Crippen LogP contribution in [0.15, 0.2) is 23.2 Å². The van der Waals surface area contributed by atoms with Gasteiger partial charge in [-0.25, -0.2) is 13.4 Å². The van der Waals surface area contributed by atoms with Crippen molar-refractivity contribution >= 4 is 15.9 Å². The first kappa shape index (κ1) is 14.4. The van der Waals surface area contributed by atoms with Crippen molar-refractivity contribution in [2.45, 2.75) is 10.9 Å². The lowest BCUT2D eigenvalue weighted by Crippen LogP contribution is -2.54. The van der Waals surface area contributed by atoms with Gasteiger partial charge in [0.1, 0.15) is 22.7 Å². The number of sulfonamides is 1. The van der Waals surface area contributed by atoms with Gasteiger partial charge in [-0.3, -0.25) is 4.79 Å². The van der Waals surface area contributed by atoms with Crippen molar-refractivity contribution < 1.29 is 17.9 Å². The molecule has 2 rings (SSSR count). The van der Waals surface area contributed by atoms with E-state index >= 15 is 0 Å². The molecule has 9 heteroatoms. The first-order valence-corrected chi connectivity index (χ1v) is 7.16. The highest BCUT2D eigenvalue weighted by atomic mass is 32.2. The molecule has 8 nitrogen and oxygen atoms in total. The van der Waals surface area contributed by atoms with Gasteiger partial charge in [0.15, 0.2) is 0 Å². The zero-order valence-corrected chi connectivity index (χ0v) is 11.2. The molecular weight excluding hydrogens is 284 g/mol. The SMILES string of the molecule is N#Cc1ccc(S(=O)(=O)N2CCOCC2C(N)=O)cn1. The molecule has 2 heterocycles. The smallest absolute Gasteiger partial charge is 0.245 e. The molecule has 1 amide bonds. The van der Waals surface area contributed by atoms with E-state index in [0.29, 0.717) is 0 Å². The van der Waals surface area contributed by atoms with E-state index in [2.05, 4.69) is 4.98 Å². The number of nitrogens with two attached hydrogens (primary N) is 1. The zero-order chi connectivity index (χ0) is 14.8. The Morgan fingerprint density at radius 3 is 2.85 bits per heavy atom. The fraction of sp³-hybridized carbons (Fsp3) is 0.364. The largest absolute Gasteiger partial charge is 0.378 e. The predicted molar refractivity (Wildman–Crippen MR) is 66.6 cm³/mol. The summed E-state index contributed by atoms with van der Waals surface area (Å²) < 4.78 is 31.0. The van der Waals surface area contributed by atoms with Crippen LogP contribution in [0.4, 0.5) is 0 Å². The summed E-state index contributed by atoms with van der Waals surface area (Å²) in [6, 6.07) is 3.33. The van der Waals surface area contributed by atoms with E-state index in [1.165, 1.54) is 12.1 Å². The predicted octanol–water partition coefficient (Wildman–Crippen LogP) is -1.17. The summed E-state index contributed by atoms with van der Waals surface area (Å²) in [5.74, 6) is -0.769. The normalized spacial score (nSPS) is 20.2. The molecule has 0 bridgehead atoms. The number of carbonyl (C=O) groups is 1. The van der Waals surface area contributed by atoms with Crippen molar-refractivity contribution in [3.63, 3.8) is 0 Å². The molecule has 1 aliphatic heterocycles. The molecule has 0 spiro atoms. The minimum absolute atomic E-state index is 0.0376. The Bertz CT molecular complexity index is 650. The van der Waals surface area contributed by atoms with Crippen LogP contribution < -0.4 is 5.73 Å². The van der Waals surface area contributed by atoms with Gasteiger partial charge in [-0.05, 0) is 12.1 Å². The van der Waals surface area contributed by atoms with Crippen LogP contribution >= 0.6 is 0 Å². The highest BCUT2D eigenvalue weighted by Gasteiger charge is 2.37. The lowest BCUT2D eigenvalue weighted by Gasteiger charge is -2.32. The second kappa shape index (κ2) is 5.54. The standard InChI is InChI=1S/C11H12N4O4S/c12-5-8-1-2-9(6-14-8)20(17,18)15-3-4-19-7-10(15)11(13)16/h1-2,6,10H,3-4,7H2,(H2,13,16). The molecule has 1 aliphatic rings. The van der Waals surface area contributed by atoms with E-state index in [0.717, 1.165) is 10.5 Å². The topological polar surface area (TPSA) is 126 Å². The molecule has 1 aromatic heterocycles. The van der Waals surface area contributed by atoms with E-state index in [-0.39, 0.29) is 30.3 Å². The fourth-order valence-corrected chi connectivity index (χ4v) is 3.35. The van der Waals surface area contributed by atoms with Gasteiger partial charge in [0.05, 0.1) is 13.2 Å². The van der Waals surface area contributed by atoms with E-state index in [9.17, 15) is 13.2 Å². The highest BCUT2D eigenvalue weighted by molar-refractivity contribution is 7.89. The Morgan fingerprint density at radius 2 is 2.30 bits per heavy atom. The third-order valence-corrected chi connectivity index (χ3v) is 4.76. The third-order valence-electron chi connectivity index (χ3n) is 2.87. The first-order valence-electron chi connectivity index (χ1n) is 5.72. The highest BCUT2D eigenvalue weighted by Crippen LogP contribution is 2.20. The van der Waals surface area contributed by atoms with Gasteiger partial charge in [0.25, 0.3) is 0 Å². The molecule has 1 atom stereocenters. The monoisotopic (exact) mass is 296 g/mol. The summed E-state index contributed by atoms with van der Waals surface area (Å²) in [7, 11) is -3.90. The fourth-order valence-electron chi connectivity index (χ4n) is 1.83. The van der Waals surface area contributed by atoms with E-state index in [1.54, 1.807) is 6.07 Å². The molecule has 0 aliphatic carbocycles. The number of ether oxygens (including phenoxy) is 1. The van der Waals surface area contributed by atoms with Crippen molar-refractivity contribution in [2.75, 3.05) is 19.8 Å². The second-order valence-corrected chi connectivity index (χ2v) is 5.99. The van der Waals surface area contributed by atoms with Crippen LogP contribution in [0, 0.1) is 11.3 Å². The van der Waals surface area contributed by atoms with Crippen LogP contribution in [0.2, 0.25) is 0 Å². The summed E-state index contributed by atoms with van der Waals surface area (Å²) in [6.45, 7) is 0.154. The number of aromatic nitrogens is 1. The van der Waals surface area contributed by atoms with E-state index in [4.69, 9.17) is 15.7 Å². The van der Waals surface area contributed by atoms with Crippen LogP contribution in [-0.4, -0.2) is 49.4 Å². The molecular formula is C11H12N4O4S. The van der Waals surface area contributed by atoms with Crippen molar-refractivity contribution in [3.8, 4) is 6.07 Å². The van der Waals surface area contributed by atoms with Crippen LogP contribution in [0.3, 0.4) is 0 Å². The number of pyridine rings is 1. The summed E-state index contributed by atoms with van der Waals surface area (Å²) in [6.07, 6.45) is 1.08. The molecule has 0 saturated carbocycles.